The van der Waals surface area contributed by atoms with E-state index in [1.54, 1.807) is 0 Å². The predicted molar refractivity (Wildman–Crippen MR) is 96.0 cm³/mol. The van der Waals surface area contributed by atoms with Crippen LogP contribution >= 0.6 is 11.3 Å². The quantitative estimate of drug-likeness (QED) is 0.736. The van der Waals surface area contributed by atoms with Gasteiger partial charge >= 0.3 is 0 Å². The first-order chi connectivity index (χ1) is 11.1. The smallest absolute Gasteiger partial charge is 0.266 e. The van der Waals surface area contributed by atoms with Crippen LogP contribution in [0.4, 0.5) is 5.69 Å². The number of carbonyl (C=O) groups excluding carboxylic acids is 1. The molecule has 5 heteroatoms. The van der Waals surface area contributed by atoms with Gasteiger partial charge in [0.1, 0.15) is 9.71 Å². The van der Waals surface area contributed by atoms with Gasteiger partial charge in [-0.15, -0.1) is 11.3 Å². The Hall–Kier alpha value is -2.14. The first-order valence-corrected chi connectivity index (χ1v) is 8.84. The lowest BCUT2D eigenvalue weighted by Gasteiger charge is -2.26. The number of aryl methyl sites for hydroxylation is 1. The van der Waals surface area contributed by atoms with Crippen molar-refractivity contribution >= 4 is 44.1 Å². The Labute approximate surface area is 138 Å². The maximum Gasteiger partial charge on any atom is 0.266 e. The highest BCUT2D eigenvalue weighted by Gasteiger charge is 2.24. The SMILES string of the molecule is Cc1ccc2nc3sc(C(=O)N4CCCCC4)c(N)c3cc2c1. The van der Waals surface area contributed by atoms with Gasteiger partial charge in [-0.2, -0.15) is 0 Å². The number of hydrogen-bond donors (Lipinski definition) is 1. The van der Waals surface area contributed by atoms with E-state index in [1.807, 2.05) is 11.0 Å². The monoisotopic (exact) mass is 325 g/mol. The molecule has 1 aliphatic heterocycles. The largest absolute Gasteiger partial charge is 0.397 e. The third-order valence-electron chi connectivity index (χ3n) is 4.51. The van der Waals surface area contributed by atoms with Gasteiger partial charge in [0.15, 0.2) is 0 Å². The van der Waals surface area contributed by atoms with Gasteiger partial charge in [0, 0.05) is 23.9 Å². The van der Waals surface area contributed by atoms with Crippen LogP contribution < -0.4 is 5.73 Å². The molecule has 3 heterocycles. The van der Waals surface area contributed by atoms with Crippen LogP contribution in [0.15, 0.2) is 24.3 Å². The predicted octanol–water partition coefficient (Wildman–Crippen LogP) is 3.97. The number of carbonyl (C=O) groups is 1. The molecule has 0 atom stereocenters. The molecule has 0 spiro atoms. The highest BCUT2D eigenvalue weighted by Crippen LogP contribution is 2.35. The molecule has 4 nitrogen and oxygen atoms in total. The number of amides is 1. The Morgan fingerprint density at radius 1 is 1.22 bits per heavy atom. The minimum Gasteiger partial charge on any atom is -0.397 e. The molecule has 0 radical (unpaired) electrons. The van der Waals surface area contributed by atoms with Crippen LogP contribution in [-0.2, 0) is 0 Å². The molecule has 1 aromatic carbocycles. The van der Waals surface area contributed by atoms with Gasteiger partial charge in [-0.25, -0.2) is 4.98 Å². The van der Waals surface area contributed by atoms with Crippen molar-refractivity contribution < 1.29 is 4.79 Å². The number of hydrogen-bond acceptors (Lipinski definition) is 4. The topological polar surface area (TPSA) is 59.2 Å². The van der Waals surface area contributed by atoms with Crippen LogP contribution in [0.5, 0.6) is 0 Å². The summed E-state index contributed by atoms with van der Waals surface area (Å²) >= 11 is 1.42. The highest BCUT2D eigenvalue weighted by atomic mass is 32.1. The van der Waals surface area contributed by atoms with E-state index in [0.717, 1.165) is 47.1 Å². The zero-order chi connectivity index (χ0) is 16.0. The van der Waals surface area contributed by atoms with Crippen LogP contribution in [0.2, 0.25) is 0 Å². The van der Waals surface area contributed by atoms with Crippen LogP contribution in [0, 0.1) is 6.92 Å². The Bertz CT molecular complexity index is 909. The average molecular weight is 325 g/mol. The summed E-state index contributed by atoms with van der Waals surface area (Å²) in [5, 5.41) is 1.97. The number of rotatable bonds is 1. The Kier molecular flexibility index (Phi) is 3.45. The lowest BCUT2D eigenvalue weighted by Crippen LogP contribution is -2.35. The lowest BCUT2D eigenvalue weighted by atomic mass is 10.1. The maximum atomic E-state index is 12.8. The van der Waals surface area contributed by atoms with Gasteiger partial charge in [-0.05, 0) is 44.4 Å². The Morgan fingerprint density at radius 3 is 2.78 bits per heavy atom. The van der Waals surface area contributed by atoms with Crippen molar-refractivity contribution in [3.63, 3.8) is 0 Å². The minimum atomic E-state index is 0.0606. The summed E-state index contributed by atoms with van der Waals surface area (Å²) < 4.78 is 0. The molecular weight excluding hydrogens is 306 g/mol. The van der Waals surface area contributed by atoms with Crippen LogP contribution in [0.3, 0.4) is 0 Å². The van der Waals surface area contributed by atoms with Crippen molar-refractivity contribution in [1.82, 2.24) is 9.88 Å². The van der Waals surface area contributed by atoms with Crippen molar-refractivity contribution in [2.45, 2.75) is 26.2 Å². The molecule has 0 unspecified atom stereocenters. The fourth-order valence-corrected chi connectivity index (χ4v) is 4.27. The molecule has 3 aromatic rings. The summed E-state index contributed by atoms with van der Waals surface area (Å²) in [5.74, 6) is 0.0606. The number of thiophene rings is 1. The van der Waals surface area contributed by atoms with Gasteiger partial charge in [-0.1, -0.05) is 11.6 Å². The van der Waals surface area contributed by atoms with Crippen LogP contribution in [0.25, 0.3) is 21.1 Å². The Balaban J connectivity index is 1.83. The van der Waals surface area contributed by atoms with Crippen molar-refractivity contribution in [2.24, 2.45) is 0 Å². The summed E-state index contributed by atoms with van der Waals surface area (Å²) in [4.78, 5) is 20.9. The molecule has 4 rings (SSSR count). The van der Waals surface area contributed by atoms with Crippen molar-refractivity contribution in [2.75, 3.05) is 18.8 Å². The molecule has 2 N–H and O–H groups in total. The second-order valence-electron chi connectivity index (χ2n) is 6.23. The highest BCUT2D eigenvalue weighted by molar-refractivity contribution is 7.21. The zero-order valence-electron chi connectivity index (χ0n) is 13.1. The van der Waals surface area contributed by atoms with E-state index < -0.39 is 0 Å². The summed E-state index contributed by atoms with van der Waals surface area (Å²) in [5.41, 5.74) is 9.02. The van der Waals surface area contributed by atoms with Gasteiger partial charge in [0.05, 0.1) is 11.2 Å². The number of piperidine rings is 1. The molecule has 1 fully saturated rings. The number of likely N-dealkylation sites (tertiary alicyclic amines) is 1. The van der Waals surface area contributed by atoms with Crippen molar-refractivity contribution in [3.05, 3.63) is 34.7 Å². The standard InChI is InChI=1S/C18H19N3OS/c1-11-5-6-14-12(9-11)10-13-15(19)16(23-17(13)20-14)18(22)21-7-3-2-4-8-21/h5-6,9-10H,2-4,7-8,19H2,1H3. The van der Waals surface area contributed by atoms with Crippen molar-refractivity contribution in [1.29, 1.82) is 0 Å². The molecule has 1 aliphatic rings. The number of nitrogens with two attached hydrogens (primary N) is 1. The lowest BCUT2D eigenvalue weighted by molar-refractivity contribution is 0.0730. The second kappa shape index (κ2) is 5.49. The van der Waals surface area contributed by atoms with E-state index in [-0.39, 0.29) is 5.91 Å². The second-order valence-corrected chi connectivity index (χ2v) is 7.23. The average Bonchev–Trinajstić information content (AvgIpc) is 2.89. The number of benzene rings is 1. The summed E-state index contributed by atoms with van der Waals surface area (Å²) in [6.07, 6.45) is 3.37. The van der Waals surface area contributed by atoms with Crippen LogP contribution in [0.1, 0.15) is 34.5 Å². The van der Waals surface area contributed by atoms with E-state index in [1.165, 1.54) is 23.3 Å². The van der Waals surface area contributed by atoms with E-state index >= 15 is 0 Å². The maximum absolute atomic E-state index is 12.8. The minimum absolute atomic E-state index is 0.0606. The van der Waals surface area contributed by atoms with E-state index in [2.05, 4.69) is 25.1 Å². The Morgan fingerprint density at radius 2 is 2.00 bits per heavy atom. The van der Waals surface area contributed by atoms with Gasteiger partial charge in [0.25, 0.3) is 5.91 Å². The molecule has 1 saturated heterocycles. The van der Waals surface area contributed by atoms with E-state index in [4.69, 9.17) is 10.7 Å². The normalized spacial score (nSPS) is 15.4. The fraction of sp³-hybridized carbons (Fsp3) is 0.333. The van der Waals surface area contributed by atoms with Gasteiger partial charge < -0.3 is 10.6 Å². The molecule has 1 amide bonds. The molecule has 118 valence electrons. The molecule has 2 aromatic heterocycles. The number of nitrogens with zero attached hydrogens (tertiary/aromatic N) is 2. The van der Waals surface area contributed by atoms with Crippen molar-refractivity contribution in [3.8, 4) is 0 Å². The van der Waals surface area contributed by atoms with Crippen LogP contribution in [-0.4, -0.2) is 28.9 Å². The first-order valence-electron chi connectivity index (χ1n) is 8.02. The summed E-state index contributed by atoms with van der Waals surface area (Å²) in [7, 11) is 0. The molecule has 0 aliphatic carbocycles. The number of anilines is 1. The molecular formula is C18H19N3OS. The molecule has 0 bridgehead atoms. The number of nitrogen functional groups attached to an aromatic ring is 1. The zero-order valence-corrected chi connectivity index (χ0v) is 13.9. The third kappa shape index (κ3) is 2.45. The third-order valence-corrected chi connectivity index (χ3v) is 5.61. The molecule has 23 heavy (non-hydrogen) atoms. The number of fused-ring (bicyclic) bond motifs is 2. The summed E-state index contributed by atoms with van der Waals surface area (Å²) in [6, 6.07) is 8.23. The first kappa shape index (κ1) is 14.5. The molecule has 0 saturated carbocycles. The van der Waals surface area contributed by atoms with E-state index in [9.17, 15) is 4.79 Å². The number of aromatic nitrogens is 1. The van der Waals surface area contributed by atoms with E-state index in [0.29, 0.717) is 10.6 Å². The number of pyridine rings is 1. The fourth-order valence-electron chi connectivity index (χ4n) is 3.22. The van der Waals surface area contributed by atoms with Gasteiger partial charge in [-0.3, -0.25) is 4.79 Å². The summed E-state index contributed by atoms with van der Waals surface area (Å²) in [6.45, 7) is 3.73. The van der Waals surface area contributed by atoms with Gasteiger partial charge in [0.2, 0.25) is 0 Å².